The zero-order valence-electron chi connectivity index (χ0n) is 12.0. The van der Waals surface area contributed by atoms with Crippen LogP contribution in [0.3, 0.4) is 0 Å². The van der Waals surface area contributed by atoms with Crippen LogP contribution in [0, 0.1) is 23.2 Å². The molecule has 1 heteroatoms. The van der Waals surface area contributed by atoms with Gasteiger partial charge >= 0.3 is 0 Å². The summed E-state index contributed by atoms with van der Waals surface area (Å²) in [5.74, 6) is 1.97. The summed E-state index contributed by atoms with van der Waals surface area (Å²) in [6, 6.07) is 0. The van der Waals surface area contributed by atoms with E-state index in [1.807, 2.05) is 0 Å². The quantitative estimate of drug-likeness (QED) is 0.748. The van der Waals surface area contributed by atoms with Crippen LogP contribution in [-0.2, 0) is 0 Å². The van der Waals surface area contributed by atoms with E-state index in [1.54, 1.807) is 0 Å². The summed E-state index contributed by atoms with van der Waals surface area (Å²) in [7, 11) is 0. The third kappa shape index (κ3) is 4.14. The summed E-state index contributed by atoms with van der Waals surface area (Å²) in [6.07, 6.45) is 1.24. The molecule has 0 aliphatic heterocycles. The first kappa shape index (κ1) is 15.0. The highest BCUT2D eigenvalue weighted by atomic mass is 14.7. The molecule has 0 aromatic heterocycles. The van der Waals surface area contributed by atoms with Gasteiger partial charge in [-0.1, -0.05) is 48.0 Å². The molecule has 0 saturated heterocycles. The van der Waals surface area contributed by atoms with Crippen molar-refractivity contribution < 1.29 is 0 Å². The molecule has 0 saturated carbocycles. The second kappa shape index (κ2) is 4.86. The minimum atomic E-state index is -0.0820. The SMILES string of the molecule is CCC(C)C(C(C)C(C)(C)N)C(C)(C)C. The lowest BCUT2D eigenvalue weighted by Crippen LogP contribution is -2.48. The first-order valence-corrected chi connectivity index (χ1v) is 6.30. The van der Waals surface area contributed by atoms with Crippen LogP contribution in [0.25, 0.3) is 0 Å². The van der Waals surface area contributed by atoms with Crippen LogP contribution in [0.5, 0.6) is 0 Å². The summed E-state index contributed by atoms with van der Waals surface area (Å²) in [4.78, 5) is 0. The van der Waals surface area contributed by atoms with E-state index in [4.69, 9.17) is 5.73 Å². The number of hydrogen-bond donors (Lipinski definition) is 1. The van der Waals surface area contributed by atoms with E-state index in [0.29, 0.717) is 17.3 Å². The Balaban J connectivity index is 4.96. The Hall–Kier alpha value is -0.0400. The van der Waals surface area contributed by atoms with Gasteiger partial charge in [0.05, 0.1) is 0 Å². The molecule has 3 unspecified atom stereocenters. The molecule has 0 radical (unpaired) electrons. The molecule has 0 spiro atoms. The van der Waals surface area contributed by atoms with Crippen molar-refractivity contribution in [3.8, 4) is 0 Å². The van der Waals surface area contributed by atoms with Crippen LogP contribution >= 0.6 is 0 Å². The zero-order valence-corrected chi connectivity index (χ0v) is 12.0. The van der Waals surface area contributed by atoms with Gasteiger partial charge in [-0.05, 0) is 37.0 Å². The third-order valence-corrected chi connectivity index (χ3v) is 3.97. The molecule has 0 aromatic carbocycles. The fourth-order valence-electron chi connectivity index (χ4n) is 2.81. The van der Waals surface area contributed by atoms with Gasteiger partial charge in [0, 0.05) is 5.54 Å². The Morgan fingerprint density at radius 3 is 1.60 bits per heavy atom. The average molecular weight is 213 g/mol. The van der Waals surface area contributed by atoms with Crippen molar-refractivity contribution in [1.29, 1.82) is 0 Å². The van der Waals surface area contributed by atoms with E-state index in [1.165, 1.54) is 6.42 Å². The molecule has 0 aliphatic rings. The average Bonchev–Trinajstić information content (AvgIpc) is 1.99. The highest BCUT2D eigenvalue weighted by molar-refractivity contribution is 4.91. The fourth-order valence-corrected chi connectivity index (χ4v) is 2.81. The van der Waals surface area contributed by atoms with Crippen molar-refractivity contribution in [2.45, 2.75) is 67.3 Å². The fraction of sp³-hybridized carbons (Fsp3) is 1.00. The molecular weight excluding hydrogens is 182 g/mol. The number of rotatable bonds is 4. The molecule has 0 aromatic rings. The molecule has 0 heterocycles. The summed E-state index contributed by atoms with van der Waals surface area (Å²) in [5, 5.41) is 0. The van der Waals surface area contributed by atoms with Gasteiger partial charge in [0.2, 0.25) is 0 Å². The molecule has 2 N–H and O–H groups in total. The largest absolute Gasteiger partial charge is 0.325 e. The Kier molecular flexibility index (Phi) is 4.85. The molecule has 3 atom stereocenters. The van der Waals surface area contributed by atoms with E-state index in [9.17, 15) is 0 Å². The second-order valence-electron chi connectivity index (χ2n) is 6.89. The van der Waals surface area contributed by atoms with E-state index in [0.717, 1.165) is 5.92 Å². The van der Waals surface area contributed by atoms with Crippen LogP contribution in [0.2, 0.25) is 0 Å². The van der Waals surface area contributed by atoms with Gasteiger partial charge in [-0.25, -0.2) is 0 Å². The van der Waals surface area contributed by atoms with Crippen LogP contribution in [-0.4, -0.2) is 5.54 Å². The van der Waals surface area contributed by atoms with Crippen LogP contribution in [0.4, 0.5) is 0 Å². The van der Waals surface area contributed by atoms with Gasteiger partial charge in [-0.2, -0.15) is 0 Å². The summed E-state index contributed by atoms with van der Waals surface area (Å²) < 4.78 is 0. The molecule has 92 valence electrons. The van der Waals surface area contributed by atoms with E-state index in [-0.39, 0.29) is 5.54 Å². The lowest BCUT2D eigenvalue weighted by Gasteiger charge is -2.45. The Morgan fingerprint density at radius 2 is 1.40 bits per heavy atom. The zero-order chi connectivity index (χ0) is 12.4. The second-order valence-corrected chi connectivity index (χ2v) is 6.89. The van der Waals surface area contributed by atoms with E-state index in [2.05, 4.69) is 55.4 Å². The first-order chi connectivity index (χ1) is 6.51. The third-order valence-electron chi connectivity index (χ3n) is 3.97. The molecule has 0 amide bonds. The molecule has 0 fully saturated rings. The van der Waals surface area contributed by atoms with Crippen LogP contribution in [0.15, 0.2) is 0 Å². The van der Waals surface area contributed by atoms with Gasteiger partial charge in [0.15, 0.2) is 0 Å². The molecule has 15 heavy (non-hydrogen) atoms. The standard InChI is InChI=1S/C14H31N/c1-9-10(2)12(13(4,5)6)11(3)14(7,8)15/h10-12H,9,15H2,1-8H3. The van der Waals surface area contributed by atoms with Gasteiger partial charge in [-0.15, -0.1) is 0 Å². The van der Waals surface area contributed by atoms with Crippen LogP contribution in [0.1, 0.15) is 61.8 Å². The molecular formula is C14H31N. The highest BCUT2D eigenvalue weighted by Gasteiger charge is 2.38. The van der Waals surface area contributed by atoms with Gasteiger partial charge in [0.1, 0.15) is 0 Å². The normalized spacial score (nSPS) is 19.8. The number of nitrogens with two attached hydrogens (primary N) is 1. The Bertz CT molecular complexity index is 182. The monoisotopic (exact) mass is 213 g/mol. The van der Waals surface area contributed by atoms with E-state index < -0.39 is 0 Å². The predicted octanol–water partition coefficient (Wildman–Crippen LogP) is 4.07. The van der Waals surface area contributed by atoms with Crippen molar-refractivity contribution in [3.63, 3.8) is 0 Å². The first-order valence-electron chi connectivity index (χ1n) is 6.30. The Labute approximate surface area is 96.8 Å². The van der Waals surface area contributed by atoms with Crippen molar-refractivity contribution in [2.75, 3.05) is 0 Å². The molecule has 0 aliphatic carbocycles. The molecule has 0 bridgehead atoms. The minimum Gasteiger partial charge on any atom is -0.325 e. The van der Waals surface area contributed by atoms with Crippen molar-refractivity contribution in [2.24, 2.45) is 28.9 Å². The smallest absolute Gasteiger partial charge is 0.0126 e. The highest BCUT2D eigenvalue weighted by Crippen LogP contribution is 2.42. The topological polar surface area (TPSA) is 26.0 Å². The maximum absolute atomic E-state index is 6.27. The summed E-state index contributed by atoms with van der Waals surface area (Å²) in [5.41, 5.74) is 6.53. The minimum absolute atomic E-state index is 0.0820. The maximum Gasteiger partial charge on any atom is 0.0126 e. The van der Waals surface area contributed by atoms with Crippen molar-refractivity contribution >= 4 is 0 Å². The Morgan fingerprint density at radius 1 is 1.00 bits per heavy atom. The van der Waals surface area contributed by atoms with Gasteiger partial charge in [0.25, 0.3) is 0 Å². The lowest BCUT2D eigenvalue weighted by atomic mass is 9.62. The van der Waals surface area contributed by atoms with E-state index >= 15 is 0 Å². The van der Waals surface area contributed by atoms with Crippen LogP contribution < -0.4 is 5.73 Å². The van der Waals surface area contributed by atoms with Gasteiger partial charge in [-0.3, -0.25) is 0 Å². The molecule has 0 rings (SSSR count). The summed E-state index contributed by atoms with van der Waals surface area (Å²) in [6.45, 7) is 18.3. The van der Waals surface area contributed by atoms with Gasteiger partial charge < -0.3 is 5.73 Å². The predicted molar refractivity (Wildman–Crippen MR) is 69.8 cm³/mol. The summed E-state index contributed by atoms with van der Waals surface area (Å²) >= 11 is 0. The molecule has 1 nitrogen and oxygen atoms in total. The van der Waals surface area contributed by atoms with Crippen molar-refractivity contribution in [1.82, 2.24) is 0 Å². The maximum atomic E-state index is 6.27. The van der Waals surface area contributed by atoms with Crippen molar-refractivity contribution in [3.05, 3.63) is 0 Å². The number of hydrogen-bond acceptors (Lipinski definition) is 1. The lowest BCUT2D eigenvalue weighted by molar-refractivity contribution is 0.0661.